The number of anilines is 1. The summed E-state index contributed by atoms with van der Waals surface area (Å²) in [6.07, 6.45) is 0.586. The molecule has 0 radical (unpaired) electrons. The summed E-state index contributed by atoms with van der Waals surface area (Å²) in [5.41, 5.74) is 2.78. The molecule has 0 fully saturated rings. The van der Waals surface area contributed by atoms with Crippen LogP contribution < -0.4 is 10.6 Å². The zero-order valence-corrected chi connectivity index (χ0v) is 13.9. The predicted molar refractivity (Wildman–Crippen MR) is 92.1 cm³/mol. The standard InChI is InChI=1S/C17H19BrN2O2/c1-12-7-8-14(18)10-16(12)20-17(22)19-15(11-21)9-13-5-3-2-4-6-13/h2-8,10,15,21H,9,11H2,1H3,(H2,19,20,22). The van der Waals surface area contributed by atoms with Crippen LogP contribution in [0.5, 0.6) is 0 Å². The van der Waals surface area contributed by atoms with E-state index in [0.717, 1.165) is 21.3 Å². The predicted octanol–water partition coefficient (Wildman–Crippen LogP) is 3.48. The minimum Gasteiger partial charge on any atom is -0.394 e. The second-order valence-electron chi connectivity index (χ2n) is 5.13. The molecule has 0 heterocycles. The molecule has 22 heavy (non-hydrogen) atoms. The fourth-order valence-electron chi connectivity index (χ4n) is 2.13. The molecule has 4 nitrogen and oxygen atoms in total. The summed E-state index contributed by atoms with van der Waals surface area (Å²) in [4.78, 5) is 12.1. The van der Waals surface area contributed by atoms with Gasteiger partial charge in [0.25, 0.3) is 0 Å². The number of carbonyl (C=O) groups is 1. The van der Waals surface area contributed by atoms with Crippen LogP contribution >= 0.6 is 15.9 Å². The van der Waals surface area contributed by atoms with E-state index in [9.17, 15) is 9.90 Å². The third kappa shape index (κ3) is 4.86. The number of urea groups is 1. The molecule has 0 saturated carbocycles. The summed E-state index contributed by atoms with van der Waals surface area (Å²) in [7, 11) is 0. The lowest BCUT2D eigenvalue weighted by Gasteiger charge is -2.17. The summed E-state index contributed by atoms with van der Waals surface area (Å²) in [5.74, 6) is 0. The maximum Gasteiger partial charge on any atom is 0.319 e. The Hall–Kier alpha value is -1.85. The molecule has 0 aliphatic rings. The van der Waals surface area contributed by atoms with Crippen molar-refractivity contribution in [2.45, 2.75) is 19.4 Å². The molecule has 0 bridgehead atoms. The Kier molecular flexibility index (Phi) is 5.98. The van der Waals surface area contributed by atoms with Crippen molar-refractivity contribution in [3.63, 3.8) is 0 Å². The van der Waals surface area contributed by atoms with Crippen molar-refractivity contribution in [2.75, 3.05) is 11.9 Å². The Balaban J connectivity index is 1.96. The van der Waals surface area contributed by atoms with Gasteiger partial charge in [-0.3, -0.25) is 0 Å². The third-order valence-electron chi connectivity index (χ3n) is 3.33. The van der Waals surface area contributed by atoms with Crippen molar-refractivity contribution >= 4 is 27.6 Å². The first-order chi connectivity index (χ1) is 10.6. The Bertz CT molecular complexity index is 632. The molecule has 1 unspecified atom stereocenters. The van der Waals surface area contributed by atoms with E-state index in [1.165, 1.54) is 0 Å². The van der Waals surface area contributed by atoms with Gasteiger partial charge in [-0.25, -0.2) is 4.79 Å². The van der Waals surface area contributed by atoms with E-state index in [4.69, 9.17) is 0 Å². The van der Waals surface area contributed by atoms with Gasteiger partial charge in [0.2, 0.25) is 0 Å². The Labute approximate surface area is 138 Å². The number of nitrogens with one attached hydrogen (secondary N) is 2. The maximum atomic E-state index is 12.1. The van der Waals surface area contributed by atoms with E-state index in [2.05, 4.69) is 26.6 Å². The third-order valence-corrected chi connectivity index (χ3v) is 3.82. The number of aryl methyl sites for hydroxylation is 1. The minimum atomic E-state index is -0.324. The van der Waals surface area contributed by atoms with Gasteiger partial charge >= 0.3 is 6.03 Å². The van der Waals surface area contributed by atoms with Crippen LogP contribution in [0.1, 0.15) is 11.1 Å². The Morgan fingerprint density at radius 3 is 2.64 bits per heavy atom. The van der Waals surface area contributed by atoms with Gasteiger partial charge in [-0.1, -0.05) is 52.3 Å². The number of benzene rings is 2. The highest BCUT2D eigenvalue weighted by Crippen LogP contribution is 2.20. The molecule has 116 valence electrons. The highest BCUT2D eigenvalue weighted by Gasteiger charge is 2.13. The summed E-state index contributed by atoms with van der Waals surface area (Å²) in [5, 5.41) is 15.1. The van der Waals surface area contributed by atoms with Gasteiger partial charge in [0, 0.05) is 10.2 Å². The number of aliphatic hydroxyl groups excluding tert-OH is 1. The van der Waals surface area contributed by atoms with Gasteiger partial charge in [0.1, 0.15) is 0 Å². The Morgan fingerprint density at radius 1 is 1.23 bits per heavy atom. The second-order valence-corrected chi connectivity index (χ2v) is 6.04. The molecule has 2 rings (SSSR count). The van der Waals surface area contributed by atoms with Crippen LogP contribution in [0.2, 0.25) is 0 Å². The second kappa shape index (κ2) is 7.96. The van der Waals surface area contributed by atoms with Gasteiger partial charge in [0.05, 0.1) is 12.6 Å². The molecule has 3 N–H and O–H groups in total. The normalized spacial score (nSPS) is 11.8. The van der Waals surface area contributed by atoms with E-state index in [1.54, 1.807) is 0 Å². The molecule has 2 aromatic carbocycles. The first kappa shape index (κ1) is 16.5. The molecule has 2 amide bonds. The summed E-state index contributed by atoms with van der Waals surface area (Å²) < 4.78 is 0.899. The zero-order chi connectivity index (χ0) is 15.9. The van der Waals surface area contributed by atoms with Crippen LogP contribution in [-0.4, -0.2) is 23.8 Å². The molecular weight excluding hydrogens is 344 g/mol. The number of aliphatic hydroxyl groups is 1. The lowest BCUT2D eigenvalue weighted by molar-refractivity contribution is 0.224. The van der Waals surface area contributed by atoms with Crippen molar-refractivity contribution in [1.82, 2.24) is 5.32 Å². The number of halogens is 1. The smallest absolute Gasteiger partial charge is 0.319 e. The van der Waals surface area contributed by atoms with Gasteiger partial charge in [-0.2, -0.15) is 0 Å². The maximum absolute atomic E-state index is 12.1. The lowest BCUT2D eigenvalue weighted by atomic mass is 10.1. The van der Waals surface area contributed by atoms with Gasteiger partial charge in [-0.05, 0) is 36.6 Å². The van der Waals surface area contributed by atoms with E-state index >= 15 is 0 Å². The zero-order valence-electron chi connectivity index (χ0n) is 12.3. The van der Waals surface area contributed by atoms with Crippen molar-refractivity contribution in [1.29, 1.82) is 0 Å². The fourth-order valence-corrected chi connectivity index (χ4v) is 2.49. The minimum absolute atomic E-state index is 0.111. The summed E-state index contributed by atoms with van der Waals surface area (Å²) >= 11 is 3.38. The topological polar surface area (TPSA) is 61.4 Å². The molecule has 1 atom stereocenters. The molecule has 0 aliphatic carbocycles. The van der Waals surface area contributed by atoms with Gasteiger partial charge in [-0.15, -0.1) is 0 Å². The average Bonchev–Trinajstić information content (AvgIpc) is 2.51. The summed E-state index contributed by atoms with van der Waals surface area (Å²) in [6, 6.07) is 14.8. The van der Waals surface area contributed by atoms with Crippen LogP contribution in [-0.2, 0) is 6.42 Å². The highest BCUT2D eigenvalue weighted by atomic mass is 79.9. The first-order valence-corrected chi connectivity index (χ1v) is 7.86. The molecule has 0 saturated heterocycles. The van der Waals surface area contributed by atoms with Crippen LogP contribution in [0.4, 0.5) is 10.5 Å². The molecule has 5 heteroatoms. The average molecular weight is 363 g/mol. The van der Waals surface area contributed by atoms with Gasteiger partial charge in [0.15, 0.2) is 0 Å². The van der Waals surface area contributed by atoms with Crippen molar-refractivity contribution in [3.8, 4) is 0 Å². The summed E-state index contributed by atoms with van der Waals surface area (Å²) in [6.45, 7) is 1.81. The van der Waals surface area contributed by atoms with E-state index in [1.807, 2.05) is 55.5 Å². The van der Waals surface area contributed by atoms with Crippen molar-refractivity contribution in [2.24, 2.45) is 0 Å². The van der Waals surface area contributed by atoms with E-state index in [0.29, 0.717) is 6.42 Å². The largest absolute Gasteiger partial charge is 0.394 e. The van der Waals surface area contributed by atoms with Gasteiger partial charge < -0.3 is 15.7 Å². The monoisotopic (exact) mass is 362 g/mol. The van der Waals surface area contributed by atoms with E-state index in [-0.39, 0.29) is 18.7 Å². The van der Waals surface area contributed by atoms with E-state index < -0.39 is 0 Å². The van der Waals surface area contributed by atoms with Crippen LogP contribution in [0.15, 0.2) is 53.0 Å². The Morgan fingerprint density at radius 2 is 1.95 bits per heavy atom. The fraction of sp³-hybridized carbons (Fsp3) is 0.235. The number of rotatable bonds is 5. The number of amides is 2. The van der Waals surface area contributed by atoms with Crippen LogP contribution in [0.25, 0.3) is 0 Å². The quantitative estimate of drug-likeness (QED) is 0.762. The molecule has 0 aromatic heterocycles. The number of hydrogen-bond donors (Lipinski definition) is 3. The lowest BCUT2D eigenvalue weighted by Crippen LogP contribution is -2.41. The van der Waals surface area contributed by atoms with Crippen LogP contribution in [0, 0.1) is 6.92 Å². The molecular formula is C17H19BrN2O2. The van der Waals surface area contributed by atoms with Crippen molar-refractivity contribution in [3.05, 3.63) is 64.1 Å². The molecule has 0 aliphatic heterocycles. The van der Waals surface area contributed by atoms with Crippen molar-refractivity contribution < 1.29 is 9.90 Å². The van der Waals surface area contributed by atoms with Crippen LogP contribution in [0.3, 0.4) is 0 Å². The first-order valence-electron chi connectivity index (χ1n) is 7.07. The number of hydrogen-bond acceptors (Lipinski definition) is 2. The molecule has 2 aromatic rings. The molecule has 0 spiro atoms. The SMILES string of the molecule is Cc1ccc(Br)cc1NC(=O)NC(CO)Cc1ccccc1. The highest BCUT2D eigenvalue weighted by molar-refractivity contribution is 9.10. The number of carbonyl (C=O) groups excluding carboxylic acids is 1.